The van der Waals surface area contributed by atoms with Crippen molar-refractivity contribution in [2.75, 3.05) is 26.2 Å². The fourth-order valence-corrected chi connectivity index (χ4v) is 2.62. The number of hydrogen-bond donors (Lipinski definition) is 0. The smallest absolute Gasteiger partial charge is 0.126 e. The molecule has 1 saturated heterocycles. The highest BCUT2D eigenvalue weighted by molar-refractivity contribution is 5.77. The Kier molecular flexibility index (Phi) is 5.27. The first kappa shape index (κ1) is 15.6. The van der Waals surface area contributed by atoms with E-state index in [-0.39, 0.29) is 0 Å². The maximum atomic E-state index is 5.23. The first-order chi connectivity index (χ1) is 11.3. The van der Waals surface area contributed by atoms with E-state index in [0.29, 0.717) is 0 Å². The molecule has 0 spiro atoms. The summed E-state index contributed by atoms with van der Waals surface area (Å²) in [5.74, 6) is 0.847. The lowest BCUT2D eigenvalue weighted by Crippen LogP contribution is -2.43. The minimum Gasteiger partial charge on any atom is -0.465 e. The molecular weight excluding hydrogens is 286 g/mol. The first-order valence-corrected chi connectivity index (χ1v) is 8.06. The third-order valence-corrected chi connectivity index (χ3v) is 4.00. The van der Waals surface area contributed by atoms with Gasteiger partial charge in [0.1, 0.15) is 5.76 Å². The summed E-state index contributed by atoms with van der Waals surface area (Å²) in [7, 11) is 0. The Labute approximate surface area is 137 Å². The zero-order valence-corrected chi connectivity index (χ0v) is 13.6. The van der Waals surface area contributed by atoms with E-state index in [2.05, 4.69) is 46.2 Å². The van der Waals surface area contributed by atoms with E-state index in [1.807, 2.05) is 30.5 Å². The van der Waals surface area contributed by atoms with Crippen molar-refractivity contribution >= 4 is 12.3 Å². The van der Waals surface area contributed by atoms with Crippen LogP contribution in [0.3, 0.4) is 0 Å². The second kappa shape index (κ2) is 7.79. The summed E-state index contributed by atoms with van der Waals surface area (Å²) in [5.41, 5.74) is 2.70. The van der Waals surface area contributed by atoms with Crippen LogP contribution in [0, 0.1) is 6.92 Å². The van der Waals surface area contributed by atoms with Gasteiger partial charge in [-0.3, -0.25) is 9.91 Å². The highest BCUT2D eigenvalue weighted by Gasteiger charge is 2.14. The quantitative estimate of drug-likeness (QED) is 0.793. The molecule has 0 aliphatic carbocycles. The SMILES string of the molecule is Cc1ccc(CN2CCN(/N=C\C=C/c3ccco3)CC2)cc1. The summed E-state index contributed by atoms with van der Waals surface area (Å²) in [6.07, 6.45) is 7.33. The average molecular weight is 309 g/mol. The maximum absolute atomic E-state index is 5.23. The van der Waals surface area contributed by atoms with Crippen LogP contribution in [0.5, 0.6) is 0 Å². The van der Waals surface area contributed by atoms with Crippen molar-refractivity contribution in [1.29, 1.82) is 0 Å². The Balaban J connectivity index is 1.42. The molecule has 1 aromatic carbocycles. The molecule has 3 rings (SSSR count). The fraction of sp³-hybridized carbons (Fsp3) is 0.316. The molecule has 0 atom stereocenters. The lowest BCUT2D eigenvalue weighted by Gasteiger charge is -2.33. The zero-order chi connectivity index (χ0) is 15.9. The van der Waals surface area contributed by atoms with Gasteiger partial charge in [-0.2, -0.15) is 5.10 Å². The second-order valence-corrected chi connectivity index (χ2v) is 5.85. The van der Waals surface area contributed by atoms with Crippen LogP contribution in [0.15, 0.2) is 58.3 Å². The number of piperazine rings is 1. The molecule has 0 bridgehead atoms. The number of benzene rings is 1. The zero-order valence-electron chi connectivity index (χ0n) is 13.6. The third-order valence-electron chi connectivity index (χ3n) is 4.00. The van der Waals surface area contributed by atoms with Gasteiger partial charge >= 0.3 is 0 Å². The van der Waals surface area contributed by atoms with Gasteiger partial charge in [-0.25, -0.2) is 0 Å². The number of hydrazone groups is 1. The molecule has 0 radical (unpaired) electrons. The average Bonchev–Trinajstić information content (AvgIpc) is 3.09. The van der Waals surface area contributed by atoms with Gasteiger partial charge in [0.15, 0.2) is 0 Å². The van der Waals surface area contributed by atoms with Crippen molar-refractivity contribution in [3.05, 3.63) is 65.6 Å². The molecule has 120 valence electrons. The normalized spacial score (nSPS) is 16.7. The lowest BCUT2D eigenvalue weighted by atomic mass is 10.1. The van der Waals surface area contributed by atoms with Crippen LogP contribution in [0.2, 0.25) is 0 Å². The summed E-state index contributed by atoms with van der Waals surface area (Å²) in [5, 5.41) is 6.61. The second-order valence-electron chi connectivity index (χ2n) is 5.85. The van der Waals surface area contributed by atoms with Gasteiger partial charge in [0.05, 0.1) is 6.26 Å². The largest absolute Gasteiger partial charge is 0.465 e. The molecule has 2 heterocycles. The van der Waals surface area contributed by atoms with Crippen LogP contribution in [-0.4, -0.2) is 42.3 Å². The standard InChI is InChI=1S/C19H23N3O/c1-17-6-8-18(9-7-17)16-21-11-13-22(14-12-21)20-10-2-4-19-5-3-15-23-19/h2-10,15H,11-14,16H2,1H3/b4-2-,20-10-. The van der Waals surface area contributed by atoms with Crippen molar-refractivity contribution < 1.29 is 4.42 Å². The number of aryl methyl sites for hydroxylation is 1. The number of rotatable bonds is 5. The molecule has 1 fully saturated rings. The summed E-state index contributed by atoms with van der Waals surface area (Å²) in [6, 6.07) is 12.6. The van der Waals surface area contributed by atoms with Crippen molar-refractivity contribution in [2.45, 2.75) is 13.5 Å². The van der Waals surface area contributed by atoms with E-state index in [4.69, 9.17) is 4.42 Å². The van der Waals surface area contributed by atoms with Gasteiger partial charge in [0, 0.05) is 38.9 Å². The van der Waals surface area contributed by atoms with Gasteiger partial charge in [-0.15, -0.1) is 0 Å². The Morgan fingerprint density at radius 2 is 1.87 bits per heavy atom. The molecular formula is C19H23N3O. The van der Waals surface area contributed by atoms with Crippen molar-refractivity contribution in [3.63, 3.8) is 0 Å². The third kappa shape index (κ3) is 4.83. The van der Waals surface area contributed by atoms with E-state index in [0.717, 1.165) is 38.5 Å². The Morgan fingerprint density at radius 3 is 2.57 bits per heavy atom. The Bertz CT molecular complexity index is 636. The Hall–Kier alpha value is -2.33. The van der Waals surface area contributed by atoms with E-state index in [1.165, 1.54) is 11.1 Å². The van der Waals surface area contributed by atoms with Gasteiger partial charge in [0.25, 0.3) is 0 Å². The first-order valence-electron chi connectivity index (χ1n) is 8.06. The van der Waals surface area contributed by atoms with Gasteiger partial charge in [-0.1, -0.05) is 29.8 Å². The number of furan rings is 1. The van der Waals surface area contributed by atoms with Crippen LogP contribution in [0.1, 0.15) is 16.9 Å². The predicted octanol–water partition coefficient (Wildman–Crippen LogP) is 3.40. The molecule has 0 N–H and O–H groups in total. The molecule has 4 nitrogen and oxygen atoms in total. The van der Waals surface area contributed by atoms with Crippen LogP contribution < -0.4 is 0 Å². The van der Waals surface area contributed by atoms with Crippen molar-refractivity contribution in [1.82, 2.24) is 9.91 Å². The minimum atomic E-state index is 0.847. The molecule has 1 aliphatic rings. The number of hydrogen-bond acceptors (Lipinski definition) is 4. The maximum Gasteiger partial charge on any atom is 0.126 e. The molecule has 4 heteroatoms. The molecule has 2 aromatic rings. The van der Waals surface area contributed by atoms with Crippen LogP contribution in [0.4, 0.5) is 0 Å². The molecule has 1 aromatic heterocycles. The van der Waals surface area contributed by atoms with Crippen LogP contribution in [-0.2, 0) is 6.54 Å². The van der Waals surface area contributed by atoms with Crippen molar-refractivity contribution in [2.24, 2.45) is 5.10 Å². The molecule has 0 saturated carbocycles. The molecule has 1 aliphatic heterocycles. The summed E-state index contributed by atoms with van der Waals surface area (Å²) in [4.78, 5) is 2.48. The van der Waals surface area contributed by atoms with Crippen LogP contribution in [0.25, 0.3) is 6.08 Å². The van der Waals surface area contributed by atoms with E-state index < -0.39 is 0 Å². The molecule has 0 unspecified atom stereocenters. The number of nitrogens with zero attached hydrogens (tertiary/aromatic N) is 3. The van der Waals surface area contributed by atoms with Gasteiger partial charge in [0.2, 0.25) is 0 Å². The van der Waals surface area contributed by atoms with Gasteiger partial charge in [-0.05, 0) is 36.8 Å². The summed E-state index contributed by atoms with van der Waals surface area (Å²) >= 11 is 0. The molecule has 0 amide bonds. The fourth-order valence-electron chi connectivity index (χ4n) is 2.62. The monoisotopic (exact) mass is 309 g/mol. The highest BCUT2D eigenvalue weighted by atomic mass is 16.3. The Morgan fingerprint density at radius 1 is 1.09 bits per heavy atom. The van der Waals surface area contributed by atoms with Gasteiger partial charge < -0.3 is 4.42 Å². The van der Waals surface area contributed by atoms with Crippen LogP contribution >= 0.6 is 0 Å². The van der Waals surface area contributed by atoms with E-state index in [1.54, 1.807) is 6.26 Å². The minimum absolute atomic E-state index is 0.847. The highest BCUT2D eigenvalue weighted by Crippen LogP contribution is 2.10. The number of allylic oxidation sites excluding steroid dienone is 1. The molecule has 23 heavy (non-hydrogen) atoms. The van der Waals surface area contributed by atoms with E-state index in [9.17, 15) is 0 Å². The lowest BCUT2D eigenvalue weighted by molar-refractivity contribution is 0.131. The van der Waals surface area contributed by atoms with Crippen molar-refractivity contribution in [3.8, 4) is 0 Å². The summed E-state index contributed by atoms with van der Waals surface area (Å²) in [6.45, 7) is 7.19. The predicted molar refractivity (Wildman–Crippen MR) is 94.3 cm³/mol. The summed E-state index contributed by atoms with van der Waals surface area (Å²) < 4.78 is 5.23. The topological polar surface area (TPSA) is 32.0 Å². The van der Waals surface area contributed by atoms with E-state index >= 15 is 0 Å².